The van der Waals surface area contributed by atoms with Crippen molar-refractivity contribution in [2.75, 3.05) is 33.4 Å². The Morgan fingerprint density at radius 3 is 3.05 bits per heavy atom. The molecule has 0 saturated carbocycles. The molecule has 1 unspecified atom stereocenters. The van der Waals surface area contributed by atoms with Crippen molar-refractivity contribution in [3.05, 3.63) is 21.9 Å². The summed E-state index contributed by atoms with van der Waals surface area (Å²) in [6, 6.07) is 2.22. The van der Waals surface area contributed by atoms with Gasteiger partial charge in [0.1, 0.15) is 0 Å². The zero-order chi connectivity index (χ0) is 14.0. The third kappa shape index (κ3) is 3.08. The zero-order valence-electron chi connectivity index (χ0n) is 12.6. The van der Waals surface area contributed by atoms with Crippen LogP contribution in [0.4, 0.5) is 0 Å². The molecule has 2 aliphatic heterocycles. The Morgan fingerprint density at radius 1 is 1.50 bits per heavy atom. The lowest BCUT2D eigenvalue weighted by Crippen LogP contribution is -2.64. The van der Waals surface area contributed by atoms with E-state index in [1.165, 1.54) is 29.7 Å². The number of nitrogens with zero attached hydrogens (tertiary/aromatic N) is 1. The highest BCUT2D eigenvalue weighted by Gasteiger charge is 2.47. The van der Waals surface area contributed by atoms with E-state index in [0.717, 1.165) is 38.8 Å². The first-order chi connectivity index (χ1) is 9.71. The Bertz CT molecular complexity index is 439. The van der Waals surface area contributed by atoms with Crippen molar-refractivity contribution in [1.29, 1.82) is 0 Å². The van der Waals surface area contributed by atoms with Gasteiger partial charge in [-0.1, -0.05) is 0 Å². The fourth-order valence-corrected chi connectivity index (χ4v) is 4.48. The summed E-state index contributed by atoms with van der Waals surface area (Å²) >= 11 is 1.87. The molecule has 1 atom stereocenters. The predicted octanol–water partition coefficient (Wildman–Crippen LogP) is 3.07. The number of ether oxygens (including phenoxy) is 2. The number of hydrogen-bond acceptors (Lipinski definition) is 4. The van der Waals surface area contributed by atoms with E-state index in [9.17, 15) is 0 Å². The molecule has 3 nitrogen and oxygen atoms in total. The lowest BCUT2D eigenvalue weighted by molar-refractivity contribution is -0.182. The Hall–Kier alpha value is -0.420. The van der Waals surface area contributed by atoms with E-state index in [1.54, 1.807) is 7.11 Å². The van der Waals surface area contributed by atoms with Crippen LogP contribution in [0, 0.1) is 12.8 Å². The predicted molar refractivity (Wildman–Crippen MR) is 82.2 cm³/mol. The molecule has 0 amide bonds. The van der Waals surface area contributed by atoms with E-state index in [4.69, 9.17) is 9.47 Å². The van der Waals surface area contributed by atoms with Gasteiger partial charge in [0.2, 0.25) is 0 Å². The van der Waals surface area contributed by atoms with Crippen molar-refractivity contribution >= 4 is 11.3 Å². The molecule has 2 saturated heterocycles. The Kier molecular flexibility index (Phi) is 4.46. The first-order valence-corrected chi connectivity index (χ1v) is 8.47. The molecular formula is C16H25NO2S. The molecule has 0 radical (unpaired) electrons. The van der Waals surface area contributed by atoms with Crippen LogP contribution in [0.25, 0.3) is 0 Å². The molecule has 3 rings (SSSR count). The third-order valence-electron chi connectivity index (χ3n) is 4.68. The molecule has 2 aliphatic rings. The van der Waals surface area contributed by atoms with Crippen LogP contribution >= 0.6 is 11.3 Å². The van der Waals surface area contributed by atoms with Crippen LogP contribution in [0.15, 0.2) is 11.4 Å². The van der Waals surface area contributed by atoms with Crippen molar-refractivity contribution in [2.45, 2.75) is 38.3 Å². The number of likely N-dealkylation sites (tertiary alicyclic amines) is 1. The monoisotopic (exact) mass is 295 g/mol. The molecule has 1 aromatic rings. The maximum atomic E-state index is 6.11. The first kappa shape index (κ1) is 14.5. The van der Waals surface area contributed by atoms with E-state index in [1.807, 2.05) is 11.3 Å². The SMILES string of the molecule is COCCC1CCOC2(C1)CN(Cc1sccc1C)C2. The fourth-order valence-electron chi connectivity index (χ4n) is 3.53. The summed E-state index contributed by atoms with van der Waals surface area (Å²) in [7, 11) is 1.80. The Balaban J connectivity index is 1.49. The van der Waals surface area contributed by atoms with Crippen LogP contribution in [0.5, 0.6) is 0 Å². The molecule has 0 bridgehead atoms. The van der Waals surface area contributed by atoms with E-state index >= 15 is 0 Å². The van der Waals surface area contributed by atoms with Crippen LogP contribution in [0.3, 0.4) is 0 Å². The highest BCUT2D eigenvalue weighted by Crippen LogP contribution is 2.39. The van der Waals surface area contributed by atoms with Gasteiger partial charge < -0.3 is 9.47 Å². The second-order valence-electron chi connectivity index (χ2n) is 6.34. The van der Waals surface area contributed by atoms with Gasteiger partial charge in [-0.2, -0.15) is 0 Å². The highest BCUT2D eigenvalue weighted by atomic mass is 32.1. The van der Waals surface area contributed by atoms with Crippen molar-refractivity contribution in [3.63, 3.8) is 0 Å². The van der Waals surface area contributed by atoms with Crippen molar-refractivity contribution in [1.82, 2.24) is 4.90 Å². The zero-order valence-corrected chi connectivity index (χ0v) is 13.4. The second kappa shape index (κ2) is 6.14. The largest absolute Gasteiger partial charge is 0.385 e. The molecule has 3 heterocycles. The second-order valence-corrected chi connectivity index (χ2v) is 7.34. The topological polar surface area (TPSA) is 21.7 Å². The van der Waals surface area contributed by atoms with E-state index in [-0.39, 0.29) is 5.60 Å². The Labute approximate surface area is 125 Å². The molecule has 1 spiro atoms. The standard InChI is InChI=1S/C16H25NO2S/c1-13-5-8-20-15(13)10-17-11-16(12-17)9-14(3-6-18-2)4-7-19-16/h5,8,14H,3-4,6-7,9-12H2,1-2H3. The molecular weight excluding hydrogens is 270 g/mol. The van der Waals surface area contributed by atoms with Gasteiger partial charge in [0.05, 0.1) is 5.60 Å². The number of thiophene rings is 1. The van der Waals surface area contributed by atoms with Crippen molar-refractivity contribution in [2.24, 2.45) is 5.92 Å². The summed E-state index contributed by atoms with van der Waals surface area (Å²) in [5.74, 6) is 0.786. The lowest BCUT2D eigenvalue weighted by atomic mass is 9.79. The van der Waals surface area contributed by atoms with Crippen LogP contribution in [0.2, 0.25) is 0 Å². The lowest BCUT2D eigenvalue weighted by Gasteiger charge is -2.53. The van der Waals surface area contributed by atoms with Gasteiger partial charge in [-0.15, -0.1) is 11.3 Å². The van der Waals surface area contributed by atoms with Crippen molar-refractivity contribution in [3.8, 4) is 0 Å². The number of methoxy groups -OCH3 is 1. The van der Waals surface area contributed by atoms with Crippen LogP contribution in [-0.2, 0) is 16.0 Å². The third-order valence-corrected chi connectivity index (χ3v) is 5.69. The van der Waals surface area contributed by atoms with Crippen LogP contribution < -0.4 is 0 Å². The van der Waals surface area contributed by atoms with Crippen LogP contribution in [0.1, 0.15) is 29.7 Å². The minimum atomic E-state index is 0.155. The maximum Gasteiger partial charge on any atom is 0.0937 e. The number of aryl methyl sites for hydroxylation is 1. The van der Waals surface area contributed by atoms with E-state index in [0.29, 0.717) is 0 Å². The molecule has 112 valence electrons. The average molecular weight is 295 g/mol. The van der Waals surface area contributed by atoms with E-state index in [2.05, 4.69) is 23.3 Å². The minimum Gasteiger partial charge on any atom is -0.385 e. The highest BCUT2D eigenvalue weighted by molar-refractivity contribution is 7.10. The van der Waals surface area contributed by atoms with Gasteiger partial charge in [-0.05, 0) is 49.1 Å². The van der Waals surface area contributed by atoms with Gasteiger partial charge in [-0.3, -0.25) is 4.90 Å². The molecule has 1 aromatic heterocycles. The summed E-state index contributed by atoms with van der Waals surface area (Å²) in [6.45, 7) is 7.33. The smallest absolute Gasteiger partial charge is 0.0937 e. The number of hydrogen-bond donors (Lipinski definition) is 0. The molecule has 20 heavy (non-hydrogen) atoms. The first-order valence-electron chi connectivity index (χ1n) is 7.59. The fraction of sp³-hybridized carbons (Fsp3) is 0.750. The summed E-state index contributed by atoms with van der Waals surface area (Å²) in [5.41, 5.74) is 1.58. The average Bonchev–Trinajstić information content (AvgIpc) is 2.81. The molecule has 2 fully saturated rings. The quantitative estimate of drug-likeness (QED) is 0.833. The summed E-state index contributed by atoms with van der Waals surface area (Å²) in [5, 5.41) is 2.19. The van der Waals surface area contributed by atoms with Gasteiger partial charge >= 0.3 is 0 Å². The molecule has 0 N–H and O–H groups in total. The summed E-state index contributed by atoms with van der Waals surface area (Å²) in [4.78, 5) is 4.03. The summed E-state index contributed by atoms with van der Waals surface area (Å²) in [6.07, 6.45) is 3.61. The summed E-state index contributed by atoms with van der Waals surface area (Å²) < 4.78 is 11.3. The molecule has 4 heteroatoms. The molecule has 0 aliphatic carbocycles. The van der Waals surface area contributed by atoms with Crippen LogP contribution in [-0.4, -0.2) is 43.9 Å². The minimum absolute atomic E-state index is 0.155. The normalized spacial score (nSPS) is 25.8. The maximum absolute atomic E-state index is 6.11. The number of rotatable bonds is 5. The Morgan fingerprint density at radius 2 is 2.35 bits per heavy atom. The van der Waals surface area contributed by atoms with E-state index < -0.39 is 0 Å². The van der Waals surface area contributed by atoms with Gasteiger partial charge in [-0.25, -0.2) is 0 Å². The van der Waals surface area contributed by atoms with Crippen molar-refractivity contribution < 1.29 is 9.47 Å². The van der Waals surface area contributed by atoms with Gasteiger partial charge in [0.25, 0.3) is 0 Å². The van der Waals surface area contributed by atoms with Gasteiger partial charge in [0.15, 0.2) is 0 Å². The molecule has 0 aromatic carbocycles. The van der Waals surface area contributed by atoms with Gasteiger partial charge in [0, 0.05) is 44.8 Å².